The van der Waals surface area contributed by atoms with Crippen LogP contribution in [0.2, 0.25) is 0 Å². The third kappa shape index (κ3) is 5.03. The Morgan fingerprint density at radius 1 is 0.953 bits per heavy atom. The number of aromatic carboxylic acids is 1. The van der Waals surface area contributed by atoms with Gasteiger partial charge in [0.25, 0.3) is 5.91 Å². The number of anilines is 2. The van der Waals surface area contributed by atoms with Crippen LogP contribution in [-0.4, -0.2) is 61.5 Å². The molecular formula is C33H32N6O4. The van der Waals surface area contributed by atoms with Crippen molar-refractivity contribution in [2.45, 2.75) is 45.7 Å². The van der Waals surface area contributed by atoms with Gasteiger partial charge in [-0.15, -0.1) is 0 Å². The number of aryl methyl sites for hydroxylation is 3. The summed E-state index contributed by atoms with van der Waals surface area (Å²) in [5.74, 6) is -0.893. The van der Waals surface area contributed by atoms with Crippen molar-refractivity contribution >= 4 is 29.4 Å². The number of carboxylic acid groups (broad SMARTS) is 1. The lowest BCUT2D eigenvalue weighted by Crippen LogP contribution is -2.57. The summed E-state index contributed by atoms with van der Waals surface area (Å²) in [6.45, 7) is 7.61. The molecule has 6 rings (SSSR count). The van der Waals surface area contributed by atoms with Crippen molar-refractivity contribution in [2.75, 3.05) is 22.9 Å². The first-order valence-electron chi connectivity index (χ1n) is 14.2. The molecule has 2 aromatic heterocycles. The van der Waals surface area contributed by atoms with E-state index in [1.807, 2.05) is 45.0 Å². The van der Waals surface area contributed by atoms with Crippen LogP contribution < -0.4 is 9.80 Å². The Balaban J connectivity index is 1.31. The van der Waals surface area contributed by atoms with Crippen LogP contribution in [0.15, 0.2) is 73.2 Å². The molecule has 10 heteroatoms. The Kier molecular flexibility index (Phi) is 7.23. The van der Waals surface area contributed by atoms with Gasteiger partial charge in [-0.25, -0.2) is 19.5 Å². The van der Waals surface area contributed by atoms with E-state index >= 15 is 0 Å². The summed E-state index contributed by atoms with van der Waals surface area (Å²) in [5, 5.41) is 9.31. The number of nitrogens with zero attached hydrogens (tertiary/aromatic N) is 6. The summed E-state index contributed by atoms with van der Waals surface area (Å²) in [5.41, 5.74) is 4.92. The number of hydrogen-bond acceptors (Lipinski definition) is 7. The van der Waals surface area contributed by atoms with Crippen LogP contribution in [-0.2, 0) is 11.3 Å². The number of urea groups is 1. The number of imide groups is 1. The Labute approximate surface area is 249 Å². The average molecular weight is 577 g/mol. The average Bonchev–Trinajstić information content (AvgIpc) is 3.20. The number of rotatable bonds is 6. The zero-order valence-corrected chi connectivity index (χ0v) is 24.3. The van der Waals surface area contributed by atoms with E-state index in [0.717, 1.165) is 27.9 Å². The minimum atomic E-state index is -1.09. The smallest absolute Gasteiger partial charge is 0.338 e. The van der Waals surface area contributed by atoms with Crippen LogP contribution >= 0.6 is 0 Å². The molecule has 0 bridgehead atoms. The summed E-state index contributed by atoms with van der Waals surface area (Å²) in [4.78, 5) is 58.3. The lowest BCUT2D eigenvalue weighted by molar-refractivity contribution is -0.123. The van der Waals surface area contributed by atoms with Gasteiger partial charge in [0.1, 0.15) is 5.54 Å². The molecule has 0 atom stereocenters. The monoisotopic (exact) mass is 576 g/mol. The van der Waals surface area contributed by atoms with Crippen molar-refractivity contribution < 1.29 is 19.5 Å². The van der Waals surface area contributed by atoms with Crippen LogP contribution in [0.3, 0.4) is 0 Å². The Hall–Kier alpha value is -4.96. The van der Waals surface area contributed by atoms with E-state index in [1.165, 1.54) is 4.90 Å². The van der Waals surface area contributed by atoms with E-state index in [1.54, 1.807) is 53.8 Å². The Morgan fingerprint density at radius 3 is 2.35 bits per heavy atom. The number of piperidine rings is 1. The number of carbonyl (C=O) groups excluding carboxylic acids is 2. The van der Waals surface area contributed by atoms with Gasteiger partial charge in [0.2, 0.25) is 0 Å². The molecule has 1 spiro atoms. The van der Waals surface area contributed by atoms with Crippen LogP contribution in [0, 0.1) is 20.8 Å². The standard InChI is InChI=1S/C33H32N6O4/c1-21-5-4-14-35-28(21)20-37-15-12-33(13-16-37)31(42)38(32(43)39(33)29-19-34-18-23(3)36-29)26-9-6-24(7-10-26)27-11-8-25(30(40)41)17-22(27)2/h4-11,14,17-19H,12-13,15-16,20H2,1-3H3,(H,40,41). The highest BCUT2D eigenvalue weighted by Gasteiger charge is 2.59. The molecule has 0 saturated carbocycles. The summed E-state index contributed by atoms with van der Waals surface area (Å²) < 4.78 is 0. The minimum Gasteiger partial charge on any atom is -0.478 e. The van der Waals surface area contributed by atoms with E-state index in [2.05, 4.69) is 19.9 Å². The highest BCUT2D eigenvalue weighted by atomic mass is 16.4. The van der Waals surface area contributed by atoms with Gasteiger partial charge >= 0.3 is 12.0 Å². The van der Waals surface area contributed by atoms with Crippen LogP contribution in [0.1, 0.15) is 45.7 Å². The second kappa shape index (κ2) is 11.0. The van der Waals surface area contributed by atoms with Crippen LogP contribution in [0.5, 0.6) is 0 Å². The normalized spacial score (nSPS) is 16.7. The molecule has 2 aromatic carbocycles. The molecule has 4 heterocycles. The van der Waals surface area contributed by atoms with E-state index in [9.17, 15) is 19.5 Å². The maximum absolute atomic E-state index is 14.3. The highest BCUT2D eigenvalue weighted by Crippen LogP contribution is 2.42. The zero-order valence-electron chi connectivity index (χ0n) is 24.3. The third-order valence-electron chi connectivity index (χ3n) is 8.47. The van der Waals surface area contributed by atoms with E-state index in [-0.39, 0.29) is 11.5 Å². The number of amides is 3. The lowest BCUT2D eigenvalue weighted by atomic mass is 9.85. The number of carboxylic acids is 1. The molecule has 3 amide bonds. The molecule has 10 nitrogen and oxygen atoms in total. The van der Waals surface area contributed by atoms with E-state index in [0.29, 0.717) is 49.7 Å². The summed E-state index contributed by atoms with van der Waals surface area (Å²) in [6.07, 6.45) is 5.85. The largest absolute Gasteiger partial charge is 0.478 e. The first kappa shape index (κ1) is 28.2. The van der Waals surface area contributed by atoms with Gasteiger partial charge in [0, 0.05) is 32.0 Å². The minimum absolute atomic E-state index is 0.219. The highest BCUT2D eigenvalue weighted by molar-refractivity contribution is 6.30. The first-order chi connectivity index (χ1) is 20.7. The van der Waals surface area contributed by atoms with E-state index in [4.69, 9.17) is 0 Å². The van der Waals surface area contributed by atoms with Gasteiger partial charge in [0.15, 0.2) is 5.82 Å². The molecule has 0 radical (unpaired) electrons. The van der Waals surface area contributed by atoms with Crippen LogP contribution in [0.25, 0.3) is 11.1 Å². The molecule has 2 saturated heterocycles. The number of pyridine rings is 1. The molecule has 0 unspecified atom stereocenters. The molecule has 2 aliphatic rings. The van der Waals surface area contributed by atoms with Crippen molar-refractivity contribution in [2.24, 2.45) is 0 Å². The van der Waals surface area contributed by atoms with Gasteiger partial charge in [-0.3, -0.25) is 24.6 Å². The Bertz CT molecular complexity index is 1730. The Morgan fingerprint density at radius 2 is 1.70 bits per heavy atom. The number of likely N-dealkylation sites (tertiary alicyclic amines) is 1. The van der Waals surface area contributed by atoms with Gasteiger partial charge in [-0.05, 0) is 86.2 Å². The molecule has 4 aromatic rings. The van der Waals surface area contributed by atoms with E-state index < -0.39 is 17.5 Å². The molecule has 43 heavy (non-hydrogen) atoms. The fraction of sp³-hybridized carbons (Fsp3) is 0.273. The topological polar surface area (TPSA) is 120 Å². The fourth-order valence-corrected chi connectivity index (χ4v) is 6.10. The zero-order chi connectivity index (χ0) is 30.3. The fourth-order valence-electron chi connectivity index (χ4n) is 6.10. The van der Waals surface area contributed by atoms with Gasteiger partial charge < -0.3 is 5.11 Å². The summed E-state index contributed by atoms with van der Waals surface area (Å²) >= 11 is 0. The molecular weight excluding hydrogens is 544 g/mol. The second-order valence-electron chi connectivity index (χ2n) is 11.2. The van der Waals surface area contributed by atoms with Crippen molar-refractivity contribution in [1.82, 2.24) is 19.9 Å². The number of benzene rings is 2. The predicted molar refractivity (Wildman–Crippen MR) is 162 cm³/mol. The molecule has 218 valence electrons. The first-order valence-corrected chi connectivity index (χ1v) is 14.2. The van der Waals surface area contributed by atoms with Gasteiger partial charge in [-0.1, -0.05) is 24.3 Å². The van der Waals surface area contributed by atoms with Crippen molar-refractivity contribution in [3.63, 3.8) is 0 Å². The second-order valence-corrected chi connectivity index (χ2v) is 11.2. The van der Waals surface area contributed by atoms with Crippen molar-refractivity contribution in [1.29, 1.82) is 0 Å². The maximum Gasteiger partial charge on any atom is 0.338 e. The maximum atomic E-state index is 14.3. The predicted octanol–water partition coefficient (Wildman–Crippen LogP) is 5.17. The van der Waals surface area contributed by atoms with Crippen LogP contribution in [0.4, 0.5) is 16.3 Å². The molecule has 0 aliphatic carbocycles. The summed E-state index contributed by atoms with van der Waals surface area (Å²) in [6, 6.07) is 15.7. The molecule has 2 aliphatic heterocycles. The lowest BCUT2D eigenvalue weighted by Gasteiger charge is -2.41. The van der Waals surface area contributed by atoms with Crippen molar-refractivity contribution in [3.8, 4) is 11.1 Å². The molecule has 1 N–H and O–H groups in total. The van der Waals surface area contributed by atoms with Gasteiger partial charge in [-0.2, -0.15) is 0 Å². The quantitative estimate of drug-likeness (QED) is 0.312. The third-order valence-corrected chi connectivity index (χ3v) is 8.47. The SMILES string of the molecule is Cc1cncc(N2C(=O)N(c3ccc(-c4ccc(C(=O)O)cc4C)cc3)C(=O)C23CCN(Cc2ncccc2C)CC3)n1. The van der Waals surface area contributed by atoms with Crippen molar-refractivity contribution in [3.05, 3.63) is 101 Å². The summed E-state index contributed by atoms with van der Waals surface area (Å²) in [7, 11) is 0. The number of carbonyl (C=O) groups is 3. The number of aromatic nitrogens is 3. The van der Waals surface area contributed by atoms with Gasteiger partial charge in [0.05, 0.1) is 28.8 Å². The number of hydrogen-bond donors (Lipinski definition) is 1. The molecule has 2 fully saturated rings.